The molecule has 126 valence electrons. The van der Waals surface area contributed by atoms with Crippen molar-refractivity contribution in [2.45, 2.75) is 19.9 Å². The average molecular weight is 317 g/mol. The van der Waals surface area contributed by atoms with Crippen LogP contribution in [0, 0.1) is 5.92 Å². The van der Waals surface area contributed by atoms with Crippen molar-refractivity contribution in [3.63, 3.8) is 0 Å². The number of methoxy groups -OCH3 is 1. The number of ether oxygens (including phenoxy) is 1. The molecular weight excluding hydrogens is 290 g/mol. The Bertz CT molecular complexity index is 545. The highest BCUT2D eigenvalue weighted by Gasteiger charge is 2.27. The normalized spacial score (nSPS) is 12.0. The Balaban J connectivity index is 2.95. The Morgan fingerprint density at radius 3 is 2.39 bits per heavy atom. The molecule has 1 rings (SSSR count). The first-order valence-corrected chi connectivity index (χ1v) is 7.64. The van der Waals surface area contributed by atoms with E-state index < -0.39 is 0 Å². The molecule has 0 fully saturated rings. The molecular formula is C18H27N3O2. The Hall–Kier alpha value is -2.27. The minimum atomic E-state index is -0.283. The zero-order valence-electron chi connectivity index (χ0n) is 14.2. The van der Waals surface area contributed by atoms with E-state index in [0.29, 0.717) is 30.2 Å². The molecule has 0 bridgehead atoms. The van der Waals surface area contributed by atoms with Crippen LogP contribution in [0.3, 0.4) is 0 Å². The first kappa shape index (κ1) is 18.8. The number of carbonyl (C=O) groups excluding carboxylic acids is 1. The molecule has 5 heteroatoms. The number of rotatable bonds is 9. The molecule has 0 radical (unpaired) electrons. The van der Waals surface area contributed by atoms with Crippen LogP contribution in [0.5, 0.6) is 5.75 Å². The van der Waals surface area contributed by atoms with Crippen LogP contribution in [0.15, 0.2) is 43.5 Å². The lowest BCUT2D eigenvalue weighted by atomic mass is 10.0. The van der Waals surface area contributed by atoms with Crippen LogP contribution in [0.25, 0.3) is 0 Å². The molecule has 0 saturated carbocycles. The number of nitrogen functional groups attached to an aromatic ring is 1. The molecule has 1 aromatic carbocycles. The number of amides is 1. The highest BCUT2D eigenvalue weighted by Crippen LogP contribution is 2.25. The van der Waals surface area contributed by atoms with Gasteiger partial charge in [0.1, 0.15) is 5.75 Å². The van der Waals surface area contributed by atoms with Gasteiger partial charge in [-0.05, 0) is 24.1 Å². The Kier molecular flexibility index (Phi) is 7.35. The second-order valence-electron chi connectivity index (χ2n) is 5.67. The topological polar surface area (TPSA) is 67.6 Å². The number of hydrogen-bond donors (Lipinski definition) is 2. The molecule has 3 N–H and O–H groups in total. The summed E-state index contributed by atoms with van der Waals surface area (Å²) < 4.78 is 5.12. The molecule has 1 amide bonds. The summed E-state index contributed by atoms with van der Waals surface area (Å²) in [5, 5.41) is 2.93. The standard InChI is InChI=1S/C18H27N3O2/c1-6-10-21(11-7-2)17(13(3)4)18(22)20-14-8-9-16(23-5)15(19)12-14/h6-9,12-13,17H,1-2,10-11,19H2,3-5H3,(H,20,22). The Morgan fingerprint density at radius 2 is 1.96 bits per heavy atom. The van der Waals surface area contributed by atoms with Gasteiger partial charge in [-0.15, -0.1) is 13.2 Å². The van der Waals surface area contributed by atoms with Gasteiger partial charge in [0.15, 0.2) is 0 Å². The second kappa shape index (κ2) is 9.00. The van der Waals surface area contributed by atoms with Crippen LogP contribution in [-0.4, -0.2) is 37.0 Å². The summed E-state index contributed by atoms with van der Waals surface area (Å²) in [6, 6.07) is 4.92. The molecule has 1 unspecified atom stereocenters. The van der Waals surface area contributed by atoms with E-state index in [9.17, 15) is 4.79 Å². The Labute approximate surface area is 138 Å². The zero-order valence-corrected chi connectivity index (χ0v) is 14.2. The molecule has 0 saturated heterocycles. The minimum Gasteiger partial charge on any atom is -0.495 e. The van der Waals surface area contributed by atoms with E-state index in [4.69, 9.17) is 10.5 Å². The fourth-order valence-corrected chi connectivity index (χ4v) is 2.55. The zero-order chi connectivity index (χ0) is 17.4. The molecule has 0 heterocycles. The van der Waals surface area contributed by atoms with Crippen molar-refractivity contribution in [1.29, 1.82) is 0 Å². The van der Waals surface area contributed by atoms with Crippen molar-refractivity contribution in [3.05, 3.63) is 43.5 Å². The van der Waals surface area contributed by atoms with E-state index >= 15 is 0 Å². The molecule has 23 heavy (non-hydrogen) atoms. The van der Waals surface area contributed by atoms with Crippen LogP contribution in [0.1, 0.15) is 13.8 Å². The van der Waals surface area contributed by atoms with Crippen LogP contribution < -0.4 is 15.8 Å². The van der Waals surface area contributed by atoms with Crippen molar-refractivity contribution in [1.82, 2.24) is 4.90 Å². The van der Waals surface area contributed by atoms with Crippen LogP contribution >= 0.6 is 0 Å². The first-order chi connectivity index (χ1) is 10.9. The molecule has 0 aromatic heterocycles. The summed E-state index contributed by atoms with van der Waals surface area (Å²) in [7, 11) is 1.56. The Morgan fingerprint density at radius 1 is 1.35 bits per heavy atom. The smallest absolute Gasteiger partial charge is 0.242 e. The lowest BCUT2D eigenvalue weighted by Gasteiger charge is -2.31. The average Bonchev–Trinajstić information content (AvgIpc) is 2.47. The van der Waals surface area contributed by atoms with Crippen LogP contribution in [0.4, 0.5) is 11.4 Å². The van der Waals surface area contributed by atoms with E-state index in [-0.39, 0.29) is 17.9 Å². The maximum Gasteiger partial charge on any atom is 0.242 e. The minimum absolute atomic E-state index is 0.0757. The molecule has 0 spiro atoms. The number of nitrogens with zero attached hydrogens (tertiary/aromatic N) is 1. The van der Waals surface area contributed by atoms with Crippen LogP contribution in [0.2, 0.25) is 0 Å². The maximum absolute atomic E-state index is 12.7. The monoisotopic (exact) mass is 317 g/mol. The second-order valence-corrected chi connectivity index (χ2v) is 5.67. The molecule has 0 aliphatic carbocycles. The lowest BCUT2D eigenvalue weighted by Crippen LogP contribution is -2.47. The number of carbonyl (C=O) groups is 1. The number of benzene rings is 1. The fraction of sp³-hybridized carbons (Fsp3) is 0.389. The largest absolute Gasteiger partial charge is 0.495 e. The van der Waals surface area contributed by atoms with Gasteiger partial charge in [-0.25, -0.2) is 0 Å². The summed E-state index contributed by atoms with van der Waals surface area (Å²) in [4.78, 5) is 14.8. The van der Waals surface area contributed by atoms with Crippen LogP contribution in [-0.2, 0) is 4.79 Å². The van der Waals surface area contributed by atoms with Gasteiger partial charge in [-0.3, -0.25) is 9.69 Å². The highest BCUT2D eigenvalue weighted by molar-refractivity contribution is 5.95. The highest BCUT2D eigenvalue weighted by atomic mass is 16.5. The van der Waals surface area contributed by atoms with E-state index in [1.54, 1.807) is 37.5 Å². The number of nitrogens with two attached hydrogens (primary N) is 1. The third-order valence-electron chi connectivity index (χ3n) is 3.52. The van der Waals surface area contributed by atoms with Gasteiger partial charge >= 0.3 is 0 Å². The van der Waals surface area contributed by atoms with Gasteiger partial charge in [0.2, 0.25) is 5.91 Å². The molecule has 1 aromatic rings. The van der Waals surface area contributed by atoms with Gasteiger partial charge in [0, 0.05) is 18.8 Å². The predicted molar refractivity (Wildman–Crippen MR) is 96.6 cm³/mol. The van der Waals surface area contributed by atoms with Crippen molar-refractivity contribution in [2.75, 3.05) is 31.2 Å². The number of hydrogen-bond acceptors (Lipinski definition) is 4. The SMILES string of the molecule is C=CCN(CC=C)C(C(=O)Nc1ccc(OC)c(N)c1)C(C)C. The molecule has 1 atom stereocenters. The fourth-order valence-electron chi connectivity index (χ4n) is 2.55. The first-order valence-electron chi connectivity index (χ1n) is 7.64. The third kappa shape index (κ3) is 5.14. The quantitative estimate of drug-likeness (QED) is 0.543. The van der Waals surface area contributed by atoms with E-state index in [1.165, 1.54) is 0 Å². The summed E-state index contributed by atoms with van der Waals surface area (Å²) >= 11 is 0. The van der Waals surface area contributed by atoms with Crippen molar-refractivity contribution in [2.24, 2.45) is 5.92 Å². The van der Waals surface area contributed by atoms with Gasteiger partial charge in [-0.1, -0.05) is 26.0 Å². The predicted octanol–water partition coefficient (Wildman–Crippen LogP) is 2.91. The van der Waals surface area contributed by atoms with Gasteiger partial charge in [0.05, 0.1) is 18.8 Å². The van der Waals surface area contributed by atoms with Gasteiger partial charge in [0.25, 0.3) is 0 Å². The summed E-state index contributed by atoms with van der Waals surface area (Å²) in [5.74, 6) is 0.655. The summed E-state index contributed by atoms with van der Waals surface area (Å²) in [6.45, 7) is 12.8. The molecule has 5 nitrogen and oxygen atoms in total. The lowest BCUT2D eigenvalue weighted by molar-refractivity contribution is -0.122. The summed E-state index contributed by atoms with van der Waals surface area (Å²) in [6.07, 6.45) is 3.58. The van der Waals surface area contributed by atoms with Crippen molar-refractivity contribution in [3.8, 4) is 5.75 Å². The van der Waals surface area contributed by atoms with E-state index in [1.807, 2.05) is 18.7 Å². The van der Waals surface area contributed by atoms with Crippen molar-refractivity contribution >= 4 is 17.3 Å². The van der Waals surface area contributed by atoms with Gasteiger partial charge in [-0.2, -0.15) is 0 Å². The number of nitrogens with one attached hydrogen (secondary N) is 1. The number of anilines is 2. The molecule has 0 aliphatic heterocycles. The third-order valence-corrected chi connectivity index (χ3v) is 3.52. The van der Waals surface area contributed by atoms with E-state index in [2.05, 4.69) is 18.5 Å². The summed E-state index contributed by atoms with van der Waals surface area (Å²) in [5.41, 5.74) is 7.02. The molecule has 0 aliphatic rings. The maximum atomic E-state index is 12.7. The van der Waals surface area contributed by atoms with E-state index in [0.717, 1.165) is 0 Å². The van der Waals surface area contributed by atoms with Crippen molar-refractivity contribution < 1.29 is 9.53 Å². The van der Waals surface area contributed by atoms with Gasteiger partial charge < -0.3 is 15.8 Å².